The molecule has 1 atom stereocenters. The van der Waals surface area contributed by atoms with E-state index >= 15 is 0 Å². The molecule has 0 spiro atoms. The van der Waals surface area contributed by atoms with Gasteiger partial charge in [0.05, 0.1) is 6.04 Å². The number of amides is 2. The summed E-state index contributed by atoms with van der Waals surface area (Å²) in [5.74, 6) is 0.837. The molecule has 1 unspecified atom stereocenters. The lowest BCUT2D eigenvalue weighted by Crippen LogP contribution is -2.52. The summed E-state index contributed by atoms with van der Waals surface area (Å²) in [7, 11) is 0. The molecular formula is C26H34Cl2N4O. The van der Waals surface area contributed by atoms with Crippen molar-refractivity contribution in [3.63, 3.8) is 0 Å². The number of urea groups is 1. The molecule has 2 heterocycles. The standard InChI is InChI=1S/C26H34Cl2N4O/c27-23-9-5-21(6-10-23)25(22-7-11-24(28)12-8-22)30-26(33)32-17-15-31(16-18-32)14-2-4-20-3-1-13-29-19-20/h5-12,20,25,29H,1-4,13-19H2,(H,30,33). The summed E-state index contributed by atoms with van der Waals surface area (Å²) >= 11 is 12.2. The molecule has 2 aromatic carbocycles. The summed E-state index contributed by atoms with van der Waals surface area (Å²) in [6.07, 6.45) is 5.22. The normalized spacial score (nSPS) is 19.6. The summed E-state index contributed by atoms with van der Waals surface area (Å²) in [5, 5.41) is 8.10. The van der Waals surface area contributed by atoms with Crippen LogP contribution in [0.3, 0.4) is 0 Å². The number of hydrogen-bond acceptors (Lipinski definition) is 3. The second-order valence-electron chi connectivity index (χ2n) is 9.17. The topological polar surface area (TPSA) is 47.6 Å². The first-order valence-electron chi connectivity index (χ1n) is 12.1. The average molecular weight is 489 g/mol. The zero-order chi connectivity index (χ0) is 23.0. The van der Waals surface area contributed by atoms with E-state index in [1.165, 1.54) is 38.8 Å². The highest BCUT2D eigenvalue weighted by Crippen LogP contribution is 2.25. The molecule has 5 nitrogen and oxygen atoms in total. The van der Waals surface area contributed by atoms with Gasteiger partial charge in [-0.15, -0.1) is 0 Å². The van der Waals surface area contributed by atoms with Crippen molar-refractivity contribution >= 4 is 29.2 Å². The van der Waals surface area contributed by atoms with E-state index in [0.29, 0.717) is 10.0 Å². The minimum atomic E-state index is -0.255. The molecule has 2 aromatic rings. The van der Waals surface area contributed by atoms with Crippen LogP contribution in [-0.2, 0) is 0 Å². The van der Waals surface area contributed by atoms with Gasteiger partial charge in [0.2, 0.25) is 0 Å². The zero-order valence-corrected chi connectivity index (χ0v) is 20.6. The number of piperazine rings is 1. The number of carbonyl (C=O) groups is 1. The molecule has 2 aliphatic rings. The van der Waals surface area contributed by atoms with Crippen molar-refractivity contribution in [1.82, 2.24) is 20.4 Å². The molecule has 178 valence electrons. The Hall–Kier alpha value is -1.79. The second-order valence-corrected chi connectivity index (χ2v) is 10.0. The quantitative estimate of drug-likeness (QED) is 0.563. The van der Waals surface area contributed by atoms with Crippen LogP contribution in [0.15, 0.2) is 48.5 Å². The Kier molecular flexibility index (Phi) is 8.90. The minimum absolute atomic E-state index is 0.0298. The maximum Gasteiger partial charge on any atom is 0.318 e. The van der Waals surface area contributed by atoms with Crippen molar-refractivity contribution in [3.05, 3.63) is 69.7 Å². The SMILES string of the molecule is O=C(NC(c1ccc(Cl)cc1)c1ccc(Cl)cc1)N1CCN(CCCC2CCCNC2)CC1. The van der Waals surface area contributed by atoms with Gasteiger partial charge in [-0.05, 0) is 86.6 Å². The molecule has 0 radical (unpaired) electrons. The molecule has 2 saturated heterocycles. The summed E-state index contributed by atoms with van der Waals surface area (Å²) in [6, 6.07) is 15.0. The first kappa shape index (κ1) is 24.3. The molecule has 2 aliphatic heterocycles. The summed E-state index contributed by atoms with van der Waals surface area (Å²) in [4.78, 5) is 17.6. The van der Waals surface area contributed by atoms with Gasteiger partial charge >= 0.3 is 6.03 Å². The number of benzene rings is 2. The van der Waals surface area contributed by atoms with Crippen LogP contribution in [0.5, 0.6) is 0 Å². The Labute approximate surface area is 207 Å². The third-order valence-corrected chi connectivity index (χ3v) is 7.32. The van der Waals surface area contributed by atoms with Crippen LogP contribution in [0, 0.1) is 5.92 Å². The summed E-state index contributed by atoms with van der Waals surface area (Å²) < 4.78 is 0. The van der Waals surface area contributed by atoms with Gasteiger partial charge in [-0.1, -0.05) is 47.5 Å². The van der Waals surface area contributed by atoms with Gasteiger partial charge in [-0.25, -0.2) is 4.79 Å². The molecular weight excluding hydrogens is 455 g/mol. The molecule has 2 fully saturated rings. The van der Waals surface area contributed by atoms with Crippen molar-refractivity contribution < 1.29 is 4.79 Å². The van der Waals surface area contributed by atoms with Gasteiger partial charge < -0.3 is 15.5 Å². The molecule has 0 aliphatic carbocycles. The third-order valence-electron chi connectivity index (χ3n) is 6.82. The van der Waals surface area contributed by atoms with E-state index in [-0.39, 0.29) is 12.1 Å². The molecule has 0 aromatic heterocycles. The lowest BCUT2D eigenvalue weighted by atomic mass is 9.94. The maximum atomic E-state index is 13.2. The van der Waals surface area contributed by atoms with Crippen LogP contribution >= 0.6 is 23.2 Å². The van der Waals surface area contributed by atoms with Crippen LogP contribution in [0.4, 0.5) is 4.79 Å². The number of rotatable bonds is 7. The number of nitrogens with zero attached hydrogens (tertiary/aromatic N) is 2. The van der Waals surface area contributed by atoms with E-state index in [0.717, 1.165) is 49.8 Å². The van der Waals surface area contributed by atoms with E-state index in [2.05, 4.69) is 15.5 Å². The minimum Gasteiger partial charge on any atom is -0.327 e. The Bertz CT molecular complexity index is 831. The lowest BCUT2D eigenvalue weighted by Gasteiger charge is -2.36. The Morgan fingerprint density at radius 2 is 1.58 bits per heavy atom. The molecule has 0 saturated carbocycles. The molecule has 2 N–H and O–H groups in total. The smallest absolute Gasteiger partial charge is 0.318 e. The van der Waals surface area contributed by atoms with Crippen LogP contribution < -0.4 is 10.6 Å². The fourth-order valence-corrected chi connectivity index (χ4v) is 5.08. The maximum absolute atomic E-state index is 13.2. The highest BCUT2D eigenvalue weighted by Gasteiger charge is 2.24. The van der Waals surface area contributed by atoms with Crippen molar-refractivity contribution in [2.24, 2.45) is 5.92 Å². The van der Waals surface area contributed by atoms with Crippen LogP contribution in [0.25, 0.3) is 0 Å². The van der Waals surface area contributed by atoms with Crippen LogP contribution in [0.2, 0.25) is 10.0 Å². The van der Waals surface area contributed by atoms with Crippen LogP contribution in [-0.4, -0.2) is 61.6 Å². The Morgan fingerprint density at radius 1 is 0.970 bits per heavy atom. The lowest BCUT2D eigenvalue weighted by molar-refractivity contribution is 0.135. The van der Waals surface area contributed by atoms with Gasteiger partial charge in [0, 0.05) is 36.2 Å². The molecule has 33 heavy (non-hydrogen) atoms. The molecule has 2 amide bonds. The van der Waals surface area contributed by atoms with Gasteiger partial charge in [-0.2, -0.15) is 0 Å². The van der Waals surface area contributed by atoms with Crippen molar-refractivity contribution in [2.45, 2.75) is 31.7 Å². The highest BCUT2D eigenvalue weighted by atomic mass is 35.5. The van der Waals surface area contributed by atoms with Crippen molar-refractivity contribution in [3.8, 4) is 0 Å². The van der Waals surface area contributed by atoms with Gasteiger partial charge in [0.15, 0.2) is 0 Å². The first-order valence-corrected chi connectivity index (χ1v) is 12.8. The van der Waals surface area contributed by atoms with E-state index in [4.69, 9.17) is 23.2 Å². The van der Waals surface area contributed by atoms with Gasteiger partial charge in [0.25, 0.3) is 0 Å². The van der Waals surface area contributed by atoms with Crippen molar-refractivity contribution in [2.75, 3.05) is 45.8 Å². The van der Waals surface area contributed by atoms with E-state index in [1.54, 1.807) is 0 Å². The Balaban J connectivity index is 1.30. The molecule has 0 bridgehead atoms. The van der Waals surface area contributed by atoms with Crippen molar-refractivity contribution in [1.29, 1.82) is 0 Å². The van der Waals surface area contributed by atoms with E-state index in [1.807, 2.05) is 53.4 Å². The number of piperidine rings is 1. The fraction of sp³-hybridized carbons (Fsp3) is 0.500. The monoisotopic (exact) mass is 488 g/mol. The fourth-order valence-electron chi connectivity index (χ4n) is 4.83. The first-order chi connectivity index (χ1) is 16.1. The summed E-state index contributed by atoms with van der Waals surface area (Å²) in [6.45, 7) is 6.86. The number of hydrogen-bond donors (Lipinski definition) is 2. The van der Waals surface area contributed by atoms with Gasteiger partial charge in [0.1, 0.15) is 0 Å². The average Bonchev–Trinajstić information content (AvgIpc) is 2.85. The summed E-state index contributed by atoms with van der Waals surface area (Å²) in [5.41, 5.74) is 1.98. The number of carbonyl (C=O) groups excluding carboxylic acids is 1. The molecule has 4 rings (SSSR count). The predicted octanol–water partition coefficient (Wildman–Crippen LogP) is 5.19. The van der Waals surface area contributed by atoms with E-state index in [9.17, 15) is 4.79 Å². The van der Waals surface area contributed by atoms with Gasteiger partial charge in [-0.3, -0.25) is 4.90 Å². The third kappa shape index (κ3) is 7.10. The van der Waals surface area contributed by atoms with Crippen LogP contribution in [0.1, 0.15) is 42.9 Å². The zero-order valence-electron chi connectivity index (χ0n) is 19.1. The predicted molar refractivity (Wildman–Crippen MR) is 136 cm³/mol. The highest BCUT2D eigenvalue weighted by molar-refractivity contribution is 6.30. The second kappa shape index (κ2) is 12.1. The van der Waals surface area contributed by atoms with E-state index < -0.39 is 0 Å². The number of halogens is 2. The molecule has 7 heteroatoms. The Morgan fingerprint density at radius 3 is 2.12 bits per heavy atom. The largest absolute Gasteiger partial charge is 0.327 e. The number of nitrogens with one attached hydrogen (secondary N) is 2.